The summed E-state index contributed by atoms with van der Waals surface area (Å²) in [6.07, 6.45) is 0.300. The van der Waals surface area contributed by atoms with E-state index in [1.54, 1.807) is 0 Å². The highest BCUT2D eigenvalue weighted by molar-refractivity contribution is 5.91. The molecule has 3 N–H and O–H groups in total. The zero-order valence-electron chi connectivity index (χ0n) is 7.90. The molecule has 2 aromatic heterocycles. The highest BCUT2D eigenvalue weighted by atomic mass is 16.3. The number of H-pyrrole nitrogens is 1. The Balaban J connectivity index is 0.000000171. The van der Waals surface area contributed by atoms with Gasteiger partial charge in [-0.1, -0.05) is 0 Å². The van der Waals surface area contributed by atoms with Crippen LogP contribution in [0.5, 0.6) is 0 Å². The summed E-state index contributed by atoms with van der Waals surface area (Å²) in [7, 11) is 0. The van der Waals surface area contributed by atoms with Crippen LogP contribution in [-0.4, -0.2) is 34.2 Å². The third-order valence-corrected chi connectivity index (χ3v) is 1.72. The van der Waals surface area contributed by atoms with Gasteiger partial charge in [-0.3, -0.25) is 4.79 Å². The Kier molecular flexibility index (Phi) is 3.62. The van der Waals surface area contributed by atoms with E-state index in [2.05, 4.69) is 4.98 Å². The predicted octanol–water partition coefficient (Wildman–Crippen LogP) is 0.778. The van der Waals surface area contributed by atoms with Crippen molar-refractivity contribution in [3.05, 3.63) is 23.8 Å². The first-order valence-corrected chi connectivity index (χ1v) is 4.32. The van der Waals surface area contributed by atoms with Gasteiger partial charge in [-0.2, -0.15) is 0 Å². The molecule has 0 saturated carbocycles. The van der Waals surface area contributed by atoms with Crippen molar-refractivity contribution >= 4 is 17.3 Å². The van der Waals surface area contributed by atoms with E-state index in [1.807, 2.05) is 18.2 Å². The predicted molar refractivity (Wildman–Crippen MR) is 53.6 cm³/mol. The van der Waals surface area contributed by atoms with Gasteiger partial charge in [0.15, 0.2) is 6.29 Å². The largest absolute Gasteiger partial charge is 0.394 e. The van der Waals surface area contributed by atoms with Crippen LogP contribution in [0.2, 0.25) is 0 Å². The topological polar surface area (TPSA) is 73.3 Å². The van der Waals surface area contributed by atoms with E-state index >= 15 is 0 Å². The van der Waals surface area contributed by atoms with Gasteiger partial charge in [0, 0.05) is 16.6 Å². The molecular weight excluding hydrogens is 182 g/mol. The monoisotopic (exact) mass is 195 g/mol. The van der Waals surface area contributed by atoms with Crippen LogP contribution in [0, 0.1) is 0 Å². The summed E-state index contributed by atoms with van der Waals surface area (Å²) < 4.78 is 0. The minimum atomic E-state index is -0.560. The highest BCUT2D eigenvalue weighted by Gasteiger charge is 2.00. The molecule has 14 heavy (non-hydrogen) atoms. The van der Waals surface area contributed by atoms with Gasteiger partial charge in [-0.15, -0.1) is 0 Å². The van der Waals surface area contributed by atoms with Crippen LogP contribution < -0.4 is 0 Å². The molecule has 0 spiro atoms. The van der Waals surface area contributed by atoms with Gasteiger partial charge in [0.25, 0.3) is 0 Å². The van der Waals surface area contributed by atoms with Gasteiger partial charge in [0.05, 0.1) is 12.7 Å². The van der Waals surface area contributed by atoms with E-state index < -0.39 is 6.10 Å². The van der Waals surface area contributed by atoms with Crippen molar-refractivity contribution in [3.63, 3.8) is 0 Å². The molecule has 0 aromatic carbocycles. The van der Waals surface area contributed by atoms with Crippen molar-refractivity contribution < 1.29 is 15.0 Å². The van der Waals surface area contributed by atoms with Gasteiger partial charge in [-0.05, 0) is 25.1 Å². The summed E-state index contributed by atoms with van der Waals surface area (Å²) in [5.74, 6) is 0. The fourth-order valence-corrected chi connectivity index (χ4v) is 1.01. The smallest absolute Gasteiger partial charge is 0.152 e. The van der Waals surface area contributed by atoms with Crippen LogP contribution in [0.25, 0.3) is 11.0 Å². The summed E-state index contributed by atoms with van der Waals surface area (Å²) in [5, 5.41) is 16.0. The number of aromatic nitrogens is 1. The molecule has 2 rings (SSSR count). The highest BCUT2D eigenvalue weighted by Crippen LogP contribution is 2.14. The minimum Gasteiger partial charge on any atom is -0.394 e. The molecule has 4 nitrogen and oxygen atoms in total. The van der Waals surface area contributed by atoms with E-state index in [0.717, 1.165) is 22.9 Å². The average Bonchev–Trinajstić information content (AvgIpc) is 2.79. The number of aromatic amines is 1. The summed E-state index contributed by atoms with van der Waals surface area (Å²) in [6, 6.07) is 5.68. The molecule has 2 aromatic rings. The first-order chi connectivity index (χ1) is 6.67. The first-order valence-electron chi connectivity index (χ1n) is 4.32. The van der Waals surface area contributed by atoms with Crippen molar-refractivity contribution in [2.75, 3.05) is 6.61 Å². The fourth-order valence-electron chi connectivity index (χ4n) is 1.01. The number of rotatable bonds is 2. The summed E-state index contributed by atoms with van der Waals surface area (Å²) in [5.41, 5.74) is 2.71. The Morgan fingerprint density at radius 2 is 2.21 bits per heavy atom. The SMILES string of the molecule is CC(O)CO.O=Cc1cc2ccc1[nH]2. The Labute approximate surface area is 81.5 Å². The van der Waals surface area contributed by atoms with E-state index in [1.165, 1.54) is 6.92 Å². The molecule has 1 atom stereocenters. The van der Waals surface area contributed by atoms with Crippen molar-refractivity contribution in [1.82, 2.24) is 4.98 Å². The Morgan fingerprint density at radius 1 is 1.57 bits per heavy atom. The van der Waals surface area contributed by atoms with Crippen LogP contribution >= 0.6 is 0 Å². The Hall–Kier alpha value is -1.39. The van der Waals surface area contributed by atoms with Crippen molar-refractivity contribution in [1.29, 1.82) is 0 Å². The van der Waals surface area contributed by atoms with Gasteiger partial charge in [0.1, 0.15) is 0 Å². The Bertz CT molecular complexity index is 380. The second-order valence-corrected chi connectivity index (χ2v) is 3.08. The molecule has 0 saturated heterocycles. The maximum absolute atomic E-state index is 10.2. The molecule has 76 valence electrons. The number of aliphatic hydroxyl groups is 2. The van der Waals surface area contributed by atoms with Gasteiger partial charge in [-0.25, -0.2) is 0 Å². The molecule has 0 fully saturated rings. The Morgan fingerprint density at radius 3 is 2.43 bits per heavy atom. The van der Waals surface area contributed by atoms with Crippen LogP contribution in [-0.2, 0) is 0 Å². The first kappa shape index (κ1) is 10.7. The minimum absolute atomic E-state index is 0.139. The summed E-state index contributed by atoms with van der Waals surface area (Å²) >= 11 is 0. The lowest BCUT2D eigenvalue weighted by molar-refractivity contribution is 0.110. The molecule has 2 heterocycles. The van der Waals surface area contributed by atoms with Crippen LogP contribution in [0.3, 0.4) is 0 Å². The van der Waals surface area contributed by atoms with Gasteiger partial charge in [0.2, 0.25) is 0 Å². The zero-order valence-corrected chi connectivity index (χ0v) is 7.90. The molecule has 0 amide bonds. The quantitative estimate of drug-likeness (QED) is 0.620. The lowest BCUT2D eigenvalue weighted by Crippen LogP contribution is -2.03. The molecule has 0 aliphatic rings. The standard InChI is InChI=1S/C7H5NO.C3H8O2/c9-4-5-3-6-1-2-7(5)8-6;1-3(5)2-4/h1-4,8H;3-5H,2H2,1H3. The summed E-state index contributed by atoms with van der Waals surface area (Å²) in [6.45, 7) is 1.39. The summed E-state index contributed by atoms with van der Waals surface area (Å²) in [4.78, 5) is 13.2. The number of aldehydes is 1. The molecule has 2 bridgehead atoms. The molecular formula is C10H13NO3. The number of hydrogen-bond acceptors (Lipinski definition) is 3. The number of hydrogen-bond donors (Lipinski definition) is 3. The maximum Gasteiger partial charge on any atom is 0.152 e. The zero-order chi connectivity index (χ0) is 10.6. The third kappa shape index (κ3) is 2.55. The van der Waals surface area contributed by atoms with Gasteiger partial charge >= 0.3 is 0 Å². The molecule has 0 aliphatic carbocycles. The van der Waals surface area contributed by atoms with E-state index in [4.69, 9.17) is 10.2 Å². The van der Waals surface area contributed by atoms with Crippen LogP contribution in [0.15, 0.2) is 18.2 Å². The van der Waals surface area contributed by atoms with Gasteiger partial charge < -0.3 is 15.2 Å². The lowest BCUT2D eigenvalue weighted by atomic mass is 10.2. The van der Waals surface area contributed by atoms with E-state index in [9.17, 15) is 4.79 Å². The van der Waals surface area contributed by atoms with E-state index in [0.29, 0.717) is 0 Å². The second-order valence-electron chi connectivity index (χ2n) is 3.08. The lowest BCUT2D eigenvalue weighted by Gasteiger charge is -1.90. The second kappa shape index (κ2) is 4.74. The molecule has 0 radical (unpaired) electrons. The average molecular weight is 195 g/mol. The van der Waals surface area contributed by atoms with Crippen LogP contribution in [0.1, 0.15) is 17.3 Å². The molecule has 0 aliphatic heterocycles. The number of fused-ring (bicyclic) bond motifs is 2. The molecule has 1 unspecified atom stereocenters. The number of carbonyl (C=O) groups is 1. The normalized spacial score (nSPS) is 12.2. The van der Waals surface area contributed by atoms with Crippen molar-refractivity contribution in [2.45, 2.75) is 13.0 Å². The number of aliphatic hydroxyl groups excluding tert-OH is 2. The third-order valence-electron chi connectivity index (χ3n) is 1.72. The van der Waals surface area contributed by atoms with Crippen molar-refractivity contribution in [3.8, 4) is 0 Å². The number of nitrogens with one attached hydrogen (secondary N) is 1. The molecule has 4 heteroatoms. The number of carbonyl (C=O) groups excluding carboxylic acids is 1. The fraction of sp³-hybridized carbons (Fsp3) is 0.300. The van der Waals surface area contributed by atoms with Crippen LogP contribution in [0.4, 0.5) is 0 Å². The maximum atomic E-state index is 10.2. The van der Waals surface area contributed by atoms with E-state index in [-0.39, 0.29) is 6.61 Å². The van der Waals surface area contributed by atoms with Crippen molar-refractivity contribution in [2.24, 2.45) is 0 Å². The number of benzene rings is 1.